The highest BCUT2D eigenvalue weighted by atomic mass is 16.5. The fourth-order valence-corrected chi connectivity index (χ4v) is 0.880. The molecule has 0 aliphatic carbocycles. The first kappa shape index (κ1) is 8.99. The molecule has 0 bridgehead atoms. The van der Waals surface area contributed by atoms with Crippen LogP contribution in [-0.2, 0) is 0 Å². The zero-order valence-corrected chi connectivity index (χ0v) is 7.32. The van der Waals surface area contributed by atoms with Crippen LogP contribution < -0.4 is 11.5 Å². The Labute approximate surface area is 71.1 Å². The Morgan fingerprint density at radius 2 is 2.25 bits per heavy atom. The molecule has 0 saturated carbocycles. The van der Waals surface area contributed by atoms with Gasteiger partial charge in [-0.2, -0.15) is 4.98 Å². The molecule has 4 N–H and O–H groups in total. The van der Waals surface area contributed by atoms with Crippen LogP contribution in [0.4, 0.5) is 5.95 Å². The molecule has 5 nitrogen and oxygen atoms in total. The van der Waals surface area contributed by atoms with Gasteiger partial charge in [-0.3, -0.25) is 0 Å². The number of nitrogens with two attached hydrogens (primary N) is 2. The molecule has 68 valence electrons. The van der Waals surface area contributed by atoms with Gasteiger partial charge in [-0.25, -0.2) is 0 Å². The first-order valence-corrected chi connectivity index (χ1v) is 3.99. The number of aromatic nitrogens is 2. The van der Waals surface area contributed by atoms with Crippen molar-refractivity contribution in [2.45, 2.75) is 26.3 Å². The number of nitrogens with zero attached hydrogens (tertiary/aromatic N) is 2. The van der Waals surface area contributed by atoms with Gasteiger partial charge in [0.05, 0.1) is 6.04 Å². The van der Waals surface area contributed by atoms with Crippen LogP contribution in [0.15, 0.2) is 4.52 Å². The quantitative estimate of drug-likeness (QED) is 0.696. The third-order valence-electron chi connectivity index (χ3n) is 2.00. The lowest BCUT2D eigenvalue weighted by atomic mass is 10.0. The van der Waals surface area contributed by atoms with E-state index in [1.54, 1.807) is 0 Å². The summed E-state index contributed by atoms with van der Waals surface area (Å²) in [6, 6.07) is -0.209. The molecule has 0 aliphatic rings. The second-order valence-electron chi connectivity index (χ2n) is 2.90. The molecule has 0 radical (unpaired) electrons. The summed E-state index contributed by atoms with van der Waals surface area (Å²) < 4.78 is 4.84. The van der Waals surface area contributed by atoms with Gasteiger partial charge in [-0.05, 0) is 11.1 Å². The van der Waals surface area contributed by atoms with Gasteiger partial charge < -0.3 is 16.0 Å². The van der Waals surface area contributed by atoms with Crippen molar-refractivity contribution >= 4 is 5.95 Å². The first-order chi connectivity index (χ1) is 5.65. The monoisotopic (exact) mass is 170 g/mol. The SMILES string of the molecule is CC[C@H](C)[C@H](N)c1nc(N)no1. The molecule has 0 aromatic carbocycles. The van der Waals surface area contributed by atoms with E-state index in [-0.39, 0.29) is 12.0 Å². The Kier molecular flexibility index (Phi) is 2.65. The van der Waals surface area contributed by atoms with Crippen LogP contribution in [0.3, 0.4) is 0 Å². The summed E-state index contributed by atoms with van der Waals surface area (Å²) in [6.45, 7) is 4.09. The van der Waals surface area contributed by atoms with E-state index in [4.69, 9.17) is 16.0 Å². The van der Waals surface area contributed by atoms with Crippen LogP contribution in [0.25, 0.3) is 0 Å². The lowest BCUT2D eigenvalue weighted by Crippen LogP contribution is -2.18. The van der Waals surface area contributed by atoms with Gasteiger partial charge in [0, 0.05) is 0 Å². The number of hydrogen-bond donors (Lipinski definition) is 2. The van der Waals surface area contributed by atoms with Gasteiger partial charge >= 0.3 is 0 Å². The summed E-state index contributed by atoms with van der Waals surface area (Å²) in [5, 5.41) is 3.47. The molecule has 0 spiro atoms. The molecule has 12 heavy (non-hydrogen) atoms. The van der Waals surface area contributed by atoms with Crippen LogP contribution >= 0.6 is 0 Å². The average Bonchev–Trinajstić information content (AvgIpc) is 2.49. The molecule has 0 amide bonds. The van der Waals surface area contributed by atoms with Crippen molar-refractivity contribution in [3.63, 3.8) is 0 Å². The Balaban J connectivity index is 2.70. The predicted molar refractivity (Wildman–Crippen MR) is 45.1 cm³/mol. The zero-order valence-electron chi connectivity index (χ0n) is 7.32. The van der Waals surface area contributed by atoms with Crippen LogP contribution in [0.1, 0.15) is 32.2 Å². The lowest BCUT2D eigenvalue weighted by Gasteiger charge is -2.12. The van der Waals surface area contributed by atoms with Crippen LogP contribution in [0, 0.1) is 5.92 Å². The second kappa shape index (κ2) is 3.53. The summed E-state index contributed by atoms with van der Waals surface area (Å²) in [7, 11) is 0. The van der Waals surface area contributed by atoms with Crippen molar-refractivity contribution in [2.24, 2.45) is 11.7 Å². The van der Waals surface area contributed by atoms with Gasteiger partial charge in [-0.1, -0.05) is 20.3 Å². The minimum absolute atomic E-state index is 0.142. The molecular formula is C7H14N4O. The maximum Gasteiger partial charge on any atom is 0.260 e. The molecule has 5 heteroatoms. The lowest BCUT2D eigenvalue weighted by molar-refractivity contribution is 0.313. The van der Waals surface area contributed by atoms with Crippen LogP contribution in [0.2, 0.25) is 0 Å². The summed E-state index contributed by atoms with van der Waals surface area (Å²) >= 11 is 0. The van der Waals surface area contributed by atoms with Gasteiger partial charge in [0.15, 0.2) is 0 Å². The summed E-state index contributed by atoms with van der Waals surface area (Å²) in [4.78, 5) is 3.85. The average molecular weight is 170 g/mol. The van der Waals surface area contributed by atoms with Crippen molar-refractivity contribution in [2.75, 3.05) is 5.73 Å². The molecule has 1 heterocycles. The first-order valence-electron chi connectivity index (χ1n) is 3.99. The second-order valence-corrected chi connectivity index (χ2v) is 2.90. The van der Waals surface area contributed by atoms with Crippen LogP contribution in [-0.4, -0.2) is 10.1 Å². The smallest absolute Gasteiger partial charge is 0.260 e. The molecule has 0 aliphatic heterocycles. The number of nitrogen functional groups attached to an aromatic ring is 1. The zero-order chi connectivity index (χ0) is 9.14. The van der Waals surface area contributed by atoms with Gasteiger partial charge in [0.2, 0.25) is 5.89 Å². The third kappa shape index (κ3) is 1.73. The molecule has 0 unspecified atom stereocenters. The van der Waals surface area contributed by atoms with Gasteiger partial charge in [-0.15, -0.1) is 0 Å². The number of rotatable bonds is 3. The Morgan fingerprint density at radius 3 is 2.67 bits per heavy atom. The molecule has 2 atom stereocenters. The highest BCUT2D eigenvalue weighted by Gasteiger charge is 2.18. The van der Waals surface area contributed by atoms with Crippen molar-refractivity contribution in [3.8, 4) is 0 Å². The van der Waals surface area contributed by atoms with Crippen molar-refractivity contribution in [1.29, 1.82) is 0 Å². The predicted octanol–water partition coefficient (Wildman–Crippen LogP) is 0.698. The van der Waals surface area contributed by atoms with E-state index in [1.807, 2.05) is 6.92 Å². The van der Waals surface area contributed by atoms with E-state index in [0.717, 1.165) is 6.42 Å². The normalized spacial score (nSPS) is 15.9. The summed E-state index contributed by atoms with van der Waals surface area (Å²) in [5.74, 6) is 0.885. The summed E-state index contributed by atoms with van der Waals surface area (Å²) in [5.41, 5.74) is 11.1. The Morgan fingerprint density at radius 1 is 1.58 bits per heavy atom. The molecule has 1 aromatic heterocycles. The fraction of sp³-hybridized carbons (Fsp3) is 0.714. The Bertz CT molecular complexity index is 247. The molecule has 0 fully saturated rings. The fourth-order valence-electron chi connectivity index (χ4n) is 0.880. The highest BCUT2D eigenvalue weighted by molar-refractivity contribution is 5.11. The van der Waals surface area contributed by atoms with Crippen LogP contribution in [0.5, 0.6) is 0 Å². The maximum absolute atomic E-state index is 5.81. The van der Waals surface area contributed by atoms with E-state index in [0.29, 0.717) is 11.8 Å². The highest BCUT2D eigenvalue weighted by Crippen LogP contribution is 2.19. The van der Waals surface area contributed by atoms with Crippen molar-refractivity contribution in [1.82, 2.24) is 10.1 Å². The van der Waals surface area contributed by atoms with Crippen molar-refractivity contribution in [3.05, 3.63) is 5.89 Å². The summed E-state index contributed by atoms with van der Waals surface area (Å²) in [6.07, 6.45) is 0.976. The van der Waals surface area contributed by atoms with Crippen molar-refractivity contribution < 1.29 is 4.52 Å². The molecule has 1 rings (SSSR count). The van der Waals surface area contributed by atoms with E-state index in [2.05, 4.69) is 17.1 Å². The van der Waals surface area contributed by atoms with E-state index >= 15 is 0 Å². The largest absolute Gasteiger partial charge is 0.365 e. The Hall–Kier alpha value is -1.10. The standard InChI is InChI=1S/C7H14N4O/c1-3-4(2)5(8)6-10-7(9)11-12-6/h4-5H,3,8H2,1-2H3,(H2,9,11)/t4-,5-/m0/s1. The molecule has 1 aromatic rings. The van der Waals surface area contributed by atoms with Gasteiger partial charge in [0.1, 0.15) is 0 Å². The van der Waals surface area contributed by atoms with E-state index in [9.17, 15) is 0 Å². The third-order valence-corrected chi connectivity index (χ3v) is 2.00. The number of anilines is 1. The van der Waals surface area contributed by atoms with E-state index < -0.39 is 0 Å². The minimum atomic E-state index is -0.209. The number of hydrogen-bond acceptors (Lipinski definition) is 5. The molecular weight excluding hydrogens is 156 g/mol. The van der Waals surface area contributed by atoms with Gasteiger partial charge in [0.25, 0.3) is 5.95 Å². The maximum atomic E-state index is 5.81. The topological polar surface area (TPSA) is 91.0 Å². The molecule has 0 saturated heterocycles. The van der Waals surface area contributed by atoms with E-state index in [1.165, 1.54) is 0 Å². The minimum Gasteiger partial charge on any atom is -0.365 e.